The molecule has 0 amide bonds. The van der Waals surface area contributed by atoms with Gasteiger partial charge < -0.3 is 5.32 Å². The molecule has 5 heteroatoms. The van der Waals surface area contributed by atoms with E-state index >= 15 is 0 Å². The van der Waals surface area contributed by atoms with Crippen molar-refractivity contribution in [2.75, 3.05) is 6.54 Å². The molecule has 20 heavy (non-hydrogen) atoms. The largest absolute Gasteiger partial charge is 0.312 e. The van der Waals surface area contributed by atoms with Gasteiger partial charge >= 0.3 is 0 Å². The second-order valence-corrected chi connectivity index (χ2v) is 5.06. The highest BCUT2D eigenvalue weighted by molar-refractivity contribution is 5.39. The van der Waals surface area contributed by atoms with Crippen LogP contribution in [0, 0.1) is 11.6 Å². The fraction of sp³-hybridized carbons (Fsp3) is 0.400. The van der Waals surface area contributed by atoms with Crippen LogP contribution in [-0.4, -0.2) is 16.3 Å². The second kappa shape index (κ2) is 5.32. The lowest BCUT2D eigenvalue weighted by molar-refractivity contribution is 0.507. The van der Waals surface area contributed by atoms with E-state index < -0.39 is 11.6 Å². The van der Waals surface area contributed by atoms with Crippen LogP contribution in [0.1, 0.15) is 30.3 Å². The van der Waals surface area contributed by atoms with E-state index in [0.717, 1.165) is 49.8 Å². The molecule has 1 aliphatic heterocycles. The molecule has 3 rings (SSSR count). The number of aromatic nitrogens is 2. The molecule has 2 aromatic rings. The molecule has 1 aromatic heterocycles. The van der Waals surface area contributed by atoms with Crippen LogP contribution < -0.4 is 5.32 Å². The molecule has 106 valence electrons. The van der Waals surface area contributed by atoms with E-state index in [1.807, 2.05) is 0 Å². The Morgan fingerprint density at radius 1 is 1.30 bits per heavy atom. The minimum atomic E-state index is -0.835. The number of fused-ring (bicyclic) bond motifs is 1. The molecule has 0 unspecified atom stereocenters. The predicted molar refractivity (Wildman–Crippen MR) is 72.9 cm³/mol. The average molecular weight is 277 g/mol. The van der Waals surface area contributed by atoms with Crippen LogP contribution in [0.15, 0.2) is 18.2 Å². The molecular weight excluding hydrogens is 260 g/mol. The molecule has 0 radical (unpaired) electrons. The van der Waals surface area contributed by atoms with Crippen molar-refractivity contribution in [3.8, 4) is 5.69 Å². The van der Waals surface area contributed by atoms with E-state index in [1.54, 1.807) is 10.7 Å². The number of rotatable bonds is 3. The summed E-state index contributed by atoms with van der Waals surface area (Å²) in [5.41, 5.74) is 3.96. The van der Waals surface area contributed by atoms with Gasteiger partial charge in [0.2, 0.25) is 0 Å². The van der Waals surface area contributed by atoms with Gasteiger partial charge in [-0.2, -0.15) is 5.10 Å². The highest BCUT2D eigenvalue weighted by Crippen LogP contribution is 2.23. The summed E-state index contributed by atoms with van der Waals surface area (Å²) in [6.07, 6.45) is 2.77. The third kappa shape index (κ3) is 2.22. The van der Waals surface area contributed by atoms with Gasteiger partial charge in [-0.15, -0.1) is 0 Å². The average Bonchev–Trinajstić information content (AvgIpc) is 2.82. The highest BCUT2D eigenvalue weighted by Gasteiger charge is 2.21. The summed E-state index contributed by atoms with van der Waals surface area (Å²) in [6, 6.07) is 3.93. The number of hydrogen-bond donors (Lipinski definition) is 1. The van der Waals surface area contributed by atoms with Gasteiger partial charge in [-0.25, -0.2) is 13.5 Å². The minimum absolute atomic E-state index is 0.587. The lowest BCUT2D eigenvalue weighted by Crippen LogP contribution is -2.25. The van der Waals surface area contributed by atoms with Crippen molar-refractivity contribution in [2.24, 2.45) is 0 Å². The van der Waals surface area contributed by atoms with E-state index in [9.17, 15) is 8.78 Å². The van der Waals surface area contributed by atoms with Gasteiger partial charge in [0.1, 0.15) is 0 Å². The molecule has 0 spiro atoms. The van der Waals surface area contributed by atoms with E-state index in [2.05, 4.69) is 17.3 Å². The zero-order valence-electron chi connectivity index (χ0n) is 11.4. The summed E-state index contributed by atoms with van der Waals surface area (Å²) in [4.78, 5) is 0. The molecular formula is C15H17F2N3. The molecule has 1 aliphatic rings. The summed E-state index contributed by atoms with van der Waals surface area (Å²) < 4.78 is 28.3. The van der Waals surface area contributed by atoms with Gasteiger partial charge in [0.05, 0.1) is 17.1 Å². The predicted octanol–water partition coefficient (Wildman–Crippen LogP) is 2.75. The summed E-state index contributed by atoms with van der Waals surface area (Å²) in [6.45, 7) is 3.79. The Kier molecular flexibility index (Phi) is 3.53. The van der Waals surface area contributed by atoms with Gasteiger partial charge in [-0.05, 0) is 18.6 Å². The van der Waals surface area contributed by atoms with Crippen molar-refractivity contribution in [2.45, 2.75) is 32.7 Å². The van der Waals surface area contributed by atoms with E-state index in [0.29, 0.717) is 5.69 Å². The Morgan fingerprint density at radius 2 is 2.15 bits per heavy atom. The Bertz CT molecular complexity index is 634. The summed E-state index contributed by atoms with van der Waals surface area (Å²) in [7, 11) is 0. The Morgan fingerprint density at radius 3 is 2.90 bits per heavy atom. The van der Waals surface area contributed by atoms with Crippen molar-refractivity contribution >= 4 is 0 Å². The van der Waals surface area contributed by atoms with Crippen LogP contribution in [0.4, 0.5) is 8.78 Å². The lowest BCUT2D eigenvalue weighted by Gasteiger charge is -2.15. The summed E-state index contributed by atoms with van der Waals surface area (Å²) in [5, 5.41) is 7.95. The molecule has 0 bridgehead atoms. The van der Waals surface area contributed by atoms with Gasteiger partial charge in [0.25, 0.3) is 0 Å². The van der Waals surface area contributed by atoms with Crippen LogP contribution in [-0.2, 0) is 19.4 Å². The Balaban J connectivity index is 2.10. The van der Waals surface area contributed by atoms with Crippen molar-refractivity contribution in [1.29, 1.82) is 0 Å². The molecule has 1 N–H and O–H groups in total. The van der Waals surface area contributed by atoms with Crippen LogP contribution in [0.2, 0.25) is 0 Å². The third-order valence-corrected chi connectivity index (χ3v) is 3.65. The zero-order chi connectivity index (χ0) is 14.1. The van der Waals surface area contributed by atoms with E-state index in [1.165, 1.54) is 11.6 Å². The zero-order valence-corrected chi connectivity index (χ0v) is 11.4. The number of benzene rings is 1. The quantitative estimate of drug-likeness (QED) is 0.935. The van der Waals surface area contributed by atoms with Gasteiger partial charge in [0.15, 0.2) is 11.6 Å². The first-order valence-electron chi connectivity index (χ1n) is 6.96. The molecule has 0 aliphatic carbocycles. The molecule has 0 saturated carbocycles. The van der Waals surface area contributed by atoms with E-state index in [-0.39, 0.29) is 0 Å². The molecule has 0 fully saturated rings. The normalized spacial score (nSPS) is 14.3. The van der Waals surface area contributed by atoms with Crippen LogP contribution in [0.5, 0.6) is 0 Å². The maximum atomic E-state index is 13.4. The number of halogens is 2. The maximum absolute atomic E-state index is 13.4. The molecule has 1 aromatic carbocycles. The van der Waals surface area contributed by atoms with Crippen molar-refractivity contribution < 1.29 is 8.78 Å². The van der Waals surface area contributed by atoms with Crippen molar-refractivity contribution in [1.82, 2.24) is 15.1 Å². The smallest absolute Gasteiger partial charge is 0.160 e. The minimum Gasteiger partial charge on any atom is -0.312 e. The van der Waals surface area contributed by atoms with Crippen LogP contribution in [0.25, 0.3) is 5.69 Å². The molecule has 0 atom stereocenters. The summed E-state index contributed by atoms with van der Waals surface area (Å²) >= 11 is 0. The van der Waals surface area contributed by atoms with Gasteiger partial charge in [0, 0.05) is 31.1 Å². The lowest BCUT2D eigenvalue weighted by atomic mass is 10.0. The SMILES string of the molecule is CCCc1nn(-c2ccc(F)c(F)c2)c2c1CNCC2. The number of nitrogens with one attached hydrogen (secondary N) is 1. The first kappa shape index (κ1) is 13.2. The van der Waals surface area contributed by atoms with Gasteiger partial charge in [-0.1, -0.05) is 13.3 Å². The Labute approximate surface area is 116 Å². The molecule has 3 nitrogen and oxygen atoms in total. The number of hydrogen-bond acceptors (Lipinski definition) is 2. The summed E-state index contributed by atoms with van der Waals surface area (Å²) in [5.74, 6) is -1.66. The van der Waals surface area contributed by atoms with Crippen LogP contribution >= 0.6 is 0 Å². The number of aryl methyl sites for hydroxylation is 1. The molecule has 0 saturated heterocycles. The second-order valence-electron chi connectivity index (χ2n) is 5.06. The fourth-order valence-corrected chi connectivity index (χ4v) is 2.68. The fourth-order valence-electron chi connectivity index (χ4n) is 2.68. The van der Waals surface area contributed by atoms with Crippen molar-refractivity contribution in [3.63, 3.8) is 0 Å². The van der Waals surface area contributed by atoms with E-state index in [4.69, 9.17) is 0 Å². The first-order valence-corrected chi connectivity index (χ1v) is 6.96. The monoisotopic (exact) mass is 277 g/mol. The van der Waals surface area contributed by atoms with Crippen LogP contribution in [0.3, 0.4) is 0 Å². The Hall–Kier alpha value is -1.75. The molecule has 2 heterocycles. The number of nitrogens with zero attached hydrogens (tertiary/aromatic N) is 2. The maximum Gasteiger partial charge on any atom is 0.160 e. The first-order chi connectivity index (χ1) is 9.70. The standard InChI is InChI=1S/C15H17F2N3/c1-2-3-14-11-9-18-7-6-15(11)20(19-14)10-4-5-12(16)13(17)8-10/h4-5,8,18H,2-3,6-7,9H2,1H3. The van der Waals surface area contributed by atoms with Crippen molar-refractivity contribution in [3.05, 3.63) is 46.8 Å². The van der Waals surface area contributed by atoms with Gasteiger partial charge in [-0.3, -0.25) is 0 Å². The third-order valence-electron chi connectivity index (χ3n) is 3.65. The topological polar surface area (TPSA) is 29.9 Å². The highest BCUT2D eigenvalue weighted by atomic mass is 19.2.